The van der Waals surface area contributed by atoms with E-state index in [0.717, 1.165) is 40.8 Å². The van der Waals surface area contributed by atoms with Crippen LogP contribution in [0, 0.1) is 0 Å². The fourth-order valence-corrected chi connectivity index (χ4v) is 3.12. The van der Waals surface area contributed by atoms with E-state index in [-0.39, 0.29) is 0 Å². The van der Waals surface area contributed by atoms with Gasteiger partial charge in [0.2, 0.25) is 0 Å². The molecule has 0 saturated heterocycles. The predicted octanol–water partition coefficient (Wildman–Crippen LogP) is 3.14. The molecule has 0 atom stereocenters. The van der Waals surface area contributed by atoms with Gasteiger partial charge in [-0.25, -0.2) is 0 Å². The first-order valence-electron chi connectivity index (χ1n) is 7.86. The standard InChI is InChI=1S/C18H14N4O2/c1-2-13(14-10-19-21-15(14)3-1)18-20-17(22-24-18)9-11-4-5-16-12(8-11)6-7-23-16/h1-5,8,10H,6-7,9H2,(H,19,21). The Hall–Kier alpha value is -3.15. The van der Waals surface area contributed by atoms with E-state index in [2.05, 4.69) is 32.5 Å². The van der Waals surface area contributed by atoms with Gasteiger partial charge < -0.3 is 9.26 Å². The highest BCUT2D eigenvalue weighted by Gasteiger charge is 2.15. The van der Waals surface area contributed by atoms with Gasteiger partial charge in [0, 0.05) is 18.2 Å². The number of H-pyrrole nitrogens is 1. The van der Waals surface area contributed by atoms with Gasteiger partial charge in [-0.2, -0.15) is 10.1 Å². The maximum atomic E-state index is 5.54. The molecule has 2 aromatic carbocycles. The Balaban J connectivity index is 1.46. The maximum Gasteiger partial charge on any atom is 0.258 e. The van der Waals surface area contributed by atoms with E-state index in [1.165, 1.54) is 5.56 Å². The number of rotatable bonds is 3. The molecule has 0 aliphatic carbocycles. The van der Waals surface area contributed by atoms with Crippen LogP contribution in [0.4, 0.5) is 0 Å². The summed E-state index contributed by atoms with van der Waals surface area (Å²) in [4.78, 5) is 4.55. The molecule has 2 aromatic heterocycles. The van der Waals surface area contributed by atoms with E-state index >= 15 is 0 Å². The van der Waals surface area contributed by atoms with Crippen LogP contribution in [-0.4, -0.2) is 26.9 Å². The zero-order valence-electron chi connectivity index (χ0n) is 12.8. The molecule has 1 aliphatic heterocycles. The Bertz CT molecular complexity index is 1030. The van der Waals surface area contributed by atoms with Gasteiger partial charge in [-0.15, -0.1) is 0 Å². The Morgan fingerprint density at radius 3 is 3.17 bits per heavy atom. The summed E-state index contributed by atoms with van der Waals surface area (Å²) in [5.41, 5.74) is 4.25. The molecule has 0 unspecified atom stereocenters. The third-order valence-electron chi connectivity index (χ3n) is 4.30. The zero-order valence-corrected chi connectivity index (χ0v) is 12.8. The van der Waals surface area contributed by atoms with Crippen molar-refractivity contribution in [2.75, 3.05) is 6.61 Å². The van der Waals surface area contributed by atoms with Gasteiger partial charge in [0.1, 0.15) is 5.75 Å². The maximum absolute atomic E-state index is 5.54. The minimum atomic E-state index is 0.515. The fourth-order valence-electron chi connectivity index (χ4n) is 3.12. The van der Waals surface area contributed by atoms with Gasteiger partial charge in [-0.3, -0.25) is 5.10 Å². The van der Waals surface area contributed by atoms with Crippen molar-refractivity contribution in [3.63, 3.8) is 0 Å². The molecule has 24 heavy (non-hydrogen) atoms. The highest BCUT2D eigenvalue weighted by atomic mass is 16.5. The largest absolute Gasteiger partial charge is 0.493 e. The predicted molar refractivity (Wildman–Crippen MR) is 87.8 cm³/mol. The van der Waals surface area contributed by atoms with Crippen LogP contribution in [0.1, 0.15) is 17.0 Å². The first-order valence-corrected chi connectivity index (χ1v) is 7.86. The van der Waals surface area contributed by atoms with Crippen LogP contribution in [0.2, 0.25) is 0 Å². The quantitative estimate of drug-likeness (QED) is 0.628. The summed E-state index contributed by atoms with van der Waals surface area (Å²) in [6.07, 6.45) is 3.37. The molecular formula is C18H14N4O2. The van der Waals surface area contributed by atoms with Gasteiger partial charge >= 0.3 is 0 Å². The summed E-state index contributed by atoms with van der Waals surface area (Å²) in [6.45, 7) is 0.764. The minimum absolute atomic E-state index is 0.515. The van der Waals surface area contributed by atoms with Crippen molar-refractivity contribution in [3.05, 3.63) is 59.5 Å². The van der Waals surface area contributed by atoms with Crippen molar-refractivity contribution in [1.82, 2.24) is 20.3 Å². The summed E-state index contributed by atoms with van der Waals surface area (Å²) >= 11 is 0. The highest BCUT2D eigenvalue weighted by Crippen LogP contribution is 2.28. The third-order valence-corrected chi connectivity index (χ3v) is 4.30. The fraction of sp³-hybridized carbons (Fsp3) is 0.167. The molecule has 4 aromatic rings. The summed E-state index contributed by atoms with van der Waals surface area (Å²) in [5, 5.41) is 12.1. The van der Waals surface area contributed by atoms with Crippen molar-refractivity contribution >= 4 is 10.9 Å². The van der Waals surface area contributed by atoms with Crippen LogP contribution in [-0.2, 0) is 12.8 Å². The second-order valence-corrected chi connectivity index (χ2v) is 5.87. The molecule has 0 bridgehead atoms. The smallest absolute Gasteiger partial charge is 0.258 e. The van der Waals surface area contributed by atoms with Crippen LogP contribution >= 0.6 is 0 Å². The number of nitrogens with zero attached hydrogens (tertiary/aromatic N) is 3. The van der Waals surface area contributed by atoms with Gasteiger partial charge in [0.15, 0.2) is 5.82 Å². The number of ether oxygens (including phenoxy) is 1. The average Bonchev–Trinajstić information content (AvgIpc) is 3.34. The number of aromatic amines is 1. The van der Waals surface area contributed by atoms with E-state index in [1.54, 1.807) is 6.20 Å². The van der Waals surface area contributed by atoms with E-state index in [4.69, 9.17) is 9.26 Å². The normalized spacial score (nSPS) is 13.2. The molecule has 5 rings (SSSR count). The van der Waals surface area contributed by atoms with Crippen molar-refractivity contribution in [2.45, 2.75) is 12.8 Å². The van der Waals surface area contributed by atoms with Crippen LogP contribution in [0.25, 0.3) is 22.4 Å². The number of fused-ring (bicyclic) bond motifs is 2. The van der Waals surface area contributed by atoms with Crippen molar-refractivity contribution < 1.29 is 9.26 Å². The number of benzene rings is 2. The van der Waals surface area contributed by atoms with Crippen LogP contribution in [0.5, 0.6) is 5.75 Å². The first kappa shape index (κ1) is 13.3. The zero-order chi connectivity index (χ0) is 15.9. The van der Waals surface area contributed by atoms with Gasteiger partial charge in [-0.05, 0) is 29.3 Å². The highest BCUT2D eigenvalue weighted by molar-refractivity contribution is 5.91. The molecule has 6 nitrogen and oxygen atoms in total. The monoisotopic (exact) mass is 318 g/mol. The molecule has 118 valence electrons. The first-order chi connectivity index (χ1) is 11.9. The molecule has 0 spiro atoms. The number of aromatic nitrogens is 4. The van der Waals surface area contributed by atoms with Crippen LogP contribution in [0.15, 0.2) is 47.1 Å². The average molecular weight is 318 g/mol. The van der Waals surface area contributed by atoms with E-state index < -0.39 is 0 Å². The van der Waals surface area contributed by atoms with Gasteiger partial charge in [0.25, 0.3) is 5.89 Å². The summed E-state index contributed by atoms with van der Waals surface area (Å²) in [6, 6.07) is 12.1. The molecular weight excluding hydrogens is 304 g/mol. The third kappa shape index (κ3) is 2.15. The Morgan fingerprint density at radius 1 is 1.17 bits per heavy atom. The molecule has 0 amide bonds. The van der Waals surface area contributed by atoms with Crippen molar-refractivity contribution in [2.24, 2.45) is 0 Å². The molecule has 0 fully saturated rings. The lowest BCUT2D eigenvalue weighted by Crippen LogP contribution is -1.92. The molecule has 1 N–H and O–H groups in total. The Kier molecular flexibility index (Phi) is 2.88. The molecule has 6 heteroatoms. The van der Waals surface area contributed by atoms with Gasteiger partial charge in [-0.1, -0.05) is 23.4 Å². The lowest BCUT2D eigenvalue weighted by molar-refractivity contribution is 0.357. The second-order valence-electron chi connectivity index (χ2n) is 5.87. The summed E-state index contributed by atoms with van der Waals surface area (Å²) in [7, 11) is 0. The molecule has 1 aliphatic rings. The minimum Gasteiger partial charge on any atom is -0.493 e. The topological polar surface area (TPSA) is 76.8 Å². The summed E-state index contributed by atoms with van der Waals surface area (Å²) in [5.74, 6) is 2.17. The summed E-state index contributed by atoms with van der Waals surface area (Å²) < 4.78 is 11.0. The van der Waals surface area contributed by atoms with Crippen molar-refractivity contribution in [3.8, 4) is 17.2 Å². The van der Waals surface area contributed by atoms with Crippen LogP contribution in [0.3, 0.4) is 0 Å². The molecule has 0 saturated carbocycles. The lowest BCUT2D eigenvalue weighted by Gasteiger charge is -2.01. The Labute approximate surface area is 137 Å². The number of nitrogens with one attached hydrogen (secondary N) is 1. The van der Waals surface area contributed by atoms with Crippen molar-refractivity contribution in [1.29, 1.82) is 0 Å². The molecule has 3 heterocycles. The lowest BCUT2D eigenvalue weighted by atomic mass is 10.1. The number of hydrogen-bond donors (Lipinski definition) is 1. The van der Waals surface area contributed by atoms with E-state index in [1.807, 2.05) is 24.3 Å². The van der Waals surface area contributed by atoms with Gasteiger partial charge in [0.05, 0.1) is 23.9 Å². The van der Waals surface area contributed by atoms with E-state index in [9.17, 15) is 0 Å². The second kappa shape index (κ2) is 5.19. The van der Waals surface area contributed by atoms with E-state index in [0.29, 0.717) is 18.1 Å². The molecule has 0 radical (unpaired) electrons. The number of hydrogen-bond acceptors (Lipinski definition) is 5. The SMILES string of the molecule is c1cc(-c2nc(Cc3ccc4c(c3)CCO4)no2)c2cn[nH]c2c1. The van der Waals surface area contributed by atoms with Crippen LogP contribution < -0.4 is 4.74 Å². The Morgan fingerprint density at radius 2 is 2.17 bits per heavy atom.